The number of hydrogen-bond acceptors (Lipinski definition) is 4. The molecule has 0 saturated carbocycles. The van der Waals surface area contributed by atoms with Crippen LogP contribution in [-0.2, 0) is 4.74 Å². The first-order valence-electron chi connectivity index (χ1n) is 3.61. The normalized spacial score (nSPS) is 8.20. The van der Waals surface area contributed by atoms with Crippen LogP contribution in [-0.4, -0.2) is 30.2 Å². The molecule has 0 spiro atoms. The summed E-state index contributed by atoms with van der Waals surface area (Å²) in [5.41, 5.74) is 0.409. The average molecular weight is 233 g/mol. The van der Waals surface area contributed by atoms with Gasteiger partial charge < -0.3 is 22.2 Å². The average Bonchev–Trinajstić information content (AvgIpc) is 2.17. The maximum Gasteiger partial charge on any atom is 1.00 e. The number of hydrogen-bond donors (Lipinski definition) is 2. The monoisotopic (exact) mass is 233 g/mol. The molecule has 0 unspecified atom stereocenters. The maximum atomic E-state index is 11.0. The van der Waals surface area contributed by atoms with E-state index in [1.165, 1.54) is 25.3 Å². The van der Waals surface area contributed by atoms with Gasteiger partial charge in [-0.2, -0.15) is 24.3 Å². The Kier molecular flexibility index (Phi) is 9.98. The molecule has 0 aliphatic heterocycles. The van der Waals surface area contributed by atoms with Crippen LogP contribution in [0.3, 0.4) is 0 Å². The van der Waals surface area contributed by atoms with Crippen LogP contribution in [0.15, 0.2) is 18.2 Å². The van der Waals surface area contributed by atoms with Gasteiger partial charge in [0.05, 0.1) is 7.11 Å². The molecule has 6 heteroatoms. The molecule has 0 amide bonds. The van der Waals surface area contributed by atoms with Crippen molar-refractivity contribution in [2.75, 3.05) is 7.11 Å². The minimum absolute atomic E-state index is 0. The molecular weight excluding hydrogens is 222 g/mol. The summed E-state index contributed by atoms with van der Waals surface area (Å²) < 4.78 is 4.45. The molecule has 0 aromatic heterocycles. The summed E-state index contributed by atoms with van der Waals surface area (Å²) in [7, 11) is -0.363. The molecule has 0 aliphatic carbocycles. The molecule has 2 N–H and O–H groups in total. The van der Waals surface area contributed by atoms with Crippen molar-refractivity contribution in [1.82, 2.24) is 0 Å². The number of carbonyl (C=O) groups is 1. The largest absolute Gasteiger partial charge is 1.00 e. The van der Waals surface area contributed by atoms with Crippen molar-refractivity contribution in [1.29, 1.82) is 0 Å². The van der Waals surface area contributed by atoms with E-state index in [0.717, 1.165) is 0 Å². The van der Waals surface area contributed by atoms with Crippen LogP contribution < -0.4 is 56.8 Å². The number of rotatable bonds is 2. The van der Waals surface area contributed by atoms with Crippen molar-refractivity contribution in [2.45, 2.75) is 0 Å². The minimum atomic E-state index is -1.62. The summed E-state index contributed by atoms with van der Waals surface area (Å²) in [5, 5.41) is 17.5. The van der Waals surface area contributed by atoms with E-state index < -0.39 is 13.1 Å². The molecule has 0 fully saturated rings. The summed E-state index contributed by atoms with van der Waals surface area (Å²) in [4.78, 5) is 11.0. The van der Waals surface area contributed by atoms with Crippen LogP contribution in [0.25, 0.3) is 0 Å². The predicted octanol–water partition coefficient (Wildman–Crippen LogP) is -3.59. The van der Waals surface area contributed by atoms with E-state index in [4.69, 9.17) is 10.0 Å². The molecule has 1 aromatic carbocycles. The fraction of sp³-hybridized carbons (Fsp3) is 0.111. The molecule has 1 aromatic rings. The van der Waals surface area contributed by atoms with Gasteiger partial charge in [0, 0.05) is 0 Å². The Morgan fingerprint density at radius 1 is 1.53 bits per heavy atom. The first kappa shape index (κ1) is 17.7. The van der Waals surface area contributed by atoms with Crippen LogP contribution >= 0.6 is 0 Å². The van der Waals surface area contributed by atoms with Crippen molar-refractivity contribution in [3.63, 3.8) is 0 Å². The first-order chi connectivity index (χ1) is 6.15. The Morgan fingerprint density at radius 2 is 2.13 bits per heavy atom. The van der Waals surface area contributed by atoms with E-state index in [2.05, 4.69) is 10.8 Å². The zero-order valence-corrected chi connectivity index (χ0v) is 12.1. The van der Waals surface area contributed by atoms with Crippen LogP contribution in [0, 0.1) is 13.5 Å². The third kappa shape index (κ3) is 5.26. The maximum absolute atomic E-state index is 11.0. The molecule has 0 heterocycles. The van der Waals surface area contributed by atoms with E-state index in [9.17, 15) is 4.79 Å². The molecular formula is C9H11BKO4-. The molecule has 76 valence electrons. The Hall–Kier alpha value is 0.311. The summed E-state index contributed by atoms with van der Waals surface area (Å²) >= 11 is 0. The fourth-order valence-corrected chi connectivity index (χ4v) is 0.879. The third-order valence-corrected chi connectivity index (χ3v) is 1.52. The second-order valence-electron chi connectivity index (χ2n) is 2.40. The predicted molar refractivity (Wildman–Crippen MR) is 52.9 cm³/mol. The van der Waals surface area contributed by atoms with Crippen molar-refractivity contribution in [3.05, 3.63) is 37.3 Å². The van der Waals surface area contributed by atoms with E-state index in [-0.39, 0.29) is 69.8 Å². The van der Waals surface area contributed by atoms with Crippen LogP contribution in [0.2, 0.25) is 0 Å². The van der Waals surface area contributed by atoms with E-state index in [0.29, 0.717) is 0 Å². The number of ether oxygens (including phenoxy) is 1. The zero-order valence-electron chi connectivity index (χ0n) is 9.02. The number of carbonyl (C=O) groups excluding carboxylic acids is 1. The van der Waals surface area contributed by atoms with Gasteiger partial charge in [-0.25, -0.2) is 4.79 Å². The molecule has 0 bridgehead atoms. The Labute approximate surface area is 132 Å². The summed E-state index contributed by atoms with van der Waals surface area (Å²) in [6, 6.07) is 6.81. The van der Waals surface area contributed by atoms with Gasteiger partial charge in [0.1, 0.15) is 0 Å². The van der Waals surface area contributed by atoms with Crippen LogP contribution in [0.5, 0.6) is 0 Å². The minimum Gasteiger partial charge on any atom is -0.467 e. The third-order valence-electron chi connectivity index (χ3n) is 1.52. The smallest absolute Gasteiger partial charge is 0.467 e. The van der Waals surface area contributed by atoms with Crippen LogP contribution in [0.4, 0.5) is 0 Å². The molecule has 1 rings (SSSR count). The van der Waals surface area contributed by atoms with E-state index >= 15 is 0 Å². The molecule has 15 heavy (non-hydrogen) atoms. The van der Waals surface area contributed by atoms with E-state index in [1.54, 1.807) is 0 Å². The van der Waals surface area contributed by atoms with Gasteiger partial charge in [0.25, 0.3) is 0 Å². The van der Waals surface area contributed by atoms with Gasteiger partial charge in [-0.3, -0.25) is 0 Å². The van der Waals surface area contributed by atoms with Crippen molar-refractivity contribution in [2.24, 2.45) is 0 Å². The molecule has 0 radical (unpaired) electrons. The Bertz CT molecular complexity index is 317. The SMILES string of the molecule is COC(=O)c1cc[c-]c(B(O)O)c1.[CH3-].[K+]. The number of benzene rings is 1. The van der Waals surface area contributed by atoms with Crippen LogP contribution in [0.1, 0.15) is 10.4 Å². The van der Waals surface area contributed by atoms with Crippen molar-refractivity contribution >= 4 is 18.6 Å². The summed E-state index contributed by atoms with van der Waals surface area (Å²) in [5.74, 6) is -0.518. The van der Waals surface area contributed by atoms with Gasteiger partial charge in [0.2, 0.25) is 0 Å². The molecule has 0 atom stereocenters. The van der Waals surface area contributed by atoms with Gasteiger partial charge >= 0.3 is 64.5 Å². The zero-order chi connectivity index (χ0) is 9.84. The Morgan fingerprint density at radius 3 is 2.60 bits per heavy atom. The summed E-state index contributed by atoms with van der Waals surface area (Å²) in [6.07, 6.45) is 0. The molecule has 0 aliphatic rings. The Balaban J connectivity index is 0. The van der Waals surface area contributed by atoms with Gasteiger partial charge in [-0.1, -0.05) is 0 Å². The van der Waals surface area contributed by atoms with Crippen molar-refractivity contribution in [3.8, 4) is 0 Å². The second kappa shape index (κ2) is 8.46. The summed E-state index contributed by atoms with van der Waals surface area (Å²) in [6.45, 7) is 0. The first-order valence-corrected chi connectivity index (χ1v) is 3.61. The molecule has 4 nitrogen and oxygen atoms in total. The number of methoxy groups -OCH3 is 1. The number of esters is 1. The van der Waals surface area contributed by atoms with Crippen molar-refractivity contribution < 1.29 is 71.0 Å². The van der Waals surface area contributed by atoms with Gasteiger partial charge in [-0.15, -0.1) is 5.46 Å². The van der Waals surface area contributed by atoms with E-state index in [1.807, 2.05) is 0 Å². The van der Waals surface area contributed by atoms with Gasteiger partial charge in [0.15, 0.2) is 0 Å². The standard InChI is InChI=1S/C8H8BO4.CH3.K/c1-13-8(10)6-3-2-4-7(5-6)9(11)12;;/h2-3,5,11-12H,1H3;1H3;/q2*-1;+1. The fourth-order valence-electron chi connectivity index (χ4n) is 0.879. The quantitative estimate of drug-likeness (QED) is 0.315. The molecule has 0 saturated heterocycles. The van der Waals surface area contributed by atoms with Gasteiger partial charge in [-0.05, 0) is 5.56 Å². The second-order valence-corrected chi connectivity index (χ2v) is 2.40. The topological polar surface area (TPSA) is 66.8 Å².